The van der Waals surface area contributed by atoms with Crippen LogP contribution in [0.3, 0.4) is 0 Å². The zero-order valence-electron chi connectivity index (χ0n) is 8.29. The molecule has 1 aromatic carbocycles. The summed E-state index contributed by atoms with van der Waals surface area (Å²) in [5, 5.41) is 8.51. The summed E-state index contributed by atoms with van der Waals surface area (Å²) in [5.74, 6) is -2.36. The van der Waals surface area contributed by atoms with E-state index in [1.54, 1.807) is 0 Å². The molecule has 1 aromatic rings. The van der Waals surface area contributed by atoms with Gasteiger partial charge in [0.25, 0.3) is 0 Å². The monoisotopic (exact) mass is 278 g/mol. The minimum Gasteiger partial charge on any atom is -0.497 e. The van der Waals surface area contributed by atoms with E-state index in [1.807, 2.05) is 0 Å². The molecule has 0 aromatic heterocycles. The Labute approximate surface area is 92.5 Å². The Morgan fingerprint density at radius 2 is 1.71 bits per heavy atom. The van der Waals surface area contributed by atoms with Crippen molar-refractivity contribution >= 4 is 16.2 Å². The highest BCUT2D eigenvalue weighted by Crippen LogP contribution is 3.02. The zero-order chi connectivity index (χ0) is 13.5. The number of ether oxygens (including phenoxy) is 1. The first-order chi connectivity index (χ1) is 7.33. The smallest absolute Gasteiger partial charge is 0.335 e. The molecule has 0 fully saturated rings. The van der Waals surface area contributed by atoms with Gasteiger partial charge in [-0.25, -0.2) is 4.79 Å². The summed E-state index contributed by atoms with van der Waals surface area (Å²) < 4.78 is 66.6. The van der Waals surface area contributed by atoms with E-state index in [-0.39, 0.29) is 12.1 Å². The molecule has 17 heavy (non-hydrogen) atoms. The van der Waals surface area contributed by atoms with Crippen molar-refractivity contribution in [3.8, 4) is 5.75 Å². The maximum Gasteiger partial charge on any atom is 0.335 e. The van der Waals surface area contributed by atoms with Gasteiger partial charge in [0.15, 0.2) is 0 Å². The lowest BCUT2D eigenvalue weighted by Gasteiger charge is -2.40. The number of carbonyl (C=O) groups is 1. The lowest BCUT2D eigenvalue weighted by molar-refractivity contribution is 0.0696. The van der Waals surface area contributed by atoms with Crippen LogP contribution < -0.4 is 4.74 Å². The molecule has 0 radical (unpaired) electrons. The van der Waals surface area contributed by atoms with Crippen LogP contribution >= 0.6 is 10.2 Å². The van der Waals surface area contributed by atoms with Crippen molar-refractivity contribution in [2.24, 2.45) is 0 Å². The molecule has 98 valence electrons. The largest absolute Gasteiger partial charge is 0.497 e. The van der Waals surface area contributed by atoms with Crippen LogP contribution in [0.25, 0.3) is 0 Å². The first kappa shape index (κ1) is 13.6. The van der Waals surface area contributed by atoms with E-state index >= 15 is 0 Å². The van der Waals surface area contributed by atoms with E-state index in [0.717, 1.165) is 13.2 Å². The maximum atomic E-state index is 12.5. The van der Waals surface area contributed by atoms with Crippen molar-refractivity contribution in [2.45, 2.75) is 4.90 Å². The molecule has 0 saturated heterocycles. The predicted molar refractivity (Wildman–Crippen MR) is 51.4 cm³/mol. The number of methoxy groups -OCH3 is 1. The summed E-state index contributed by atoms with van der Waals surface area (Å²) in [7, 11) is -8.97. The molecule has 0 atom stereocenters. The predicted octanol–water partition coefficient (Wildman–Crippen LogP) is 4.05. The Morgan fingerprint density at radius 1 is 1.18 bits per heavy atom. The van der Waals surface area contributed by atoms with Crippen molar-refractivity contribution in [2.75, 3.05) is 7.11 Å². The second-order valence-corrected chi connectivity index (χ2v) is 5.58. The summed E-state index contributed by atoms with van der Waals surface area (Å²) >= 11 is 0. The van der Waals surface area contributed by atoms with Crippen molar-refractivity contribution in [1.29, 1.82) is 0 Å². The Hall–Kier alpha value is -1.51. The molecule has 1 rings (SSSR count). The summed E-state index contributed by atoms with van der Waals surface area (Å²) in [4.78, 5) is 8.21. The van der Waals surface area contributed by atoms with Gasteiger partial charge in [0.05, 0.1) is 12.7 Å². The average molecular weight is 278 g/mol. The molecule has 0 amide bonds. The highest BCUT2D eigenvalue weighted by atomic mass is 32.5. The Morgan fingerprint density at radius 3 is 2.06 bits per heavy atom. The lowest BCUT2D eigenvalue weighted by atomic mass is 10.2. The van der Waals surface area contributed by atoms with Gasteiger partial charge in [-0.05, 0) is 12.1 Å². The van der Waals surface area contributed by atoms with Gasteiger partial charge in [0.1, 0.15) is 10.6 Å². The Bertz CT molecular complexity index is 481. The molecule has 3 nitrogen and oxygen atoms in total. The van der Waals surface area contributed by atoms with Gasteiger partial charge < -0.3 is 9.84 Å². The molecule has 0 spiro atoms. The van der Waals surface area contributed by atoms with Gasteiger partial charge in [-0.1, -0.05) is 19.4 Å². The summed E-state index contributed by atoms with van der Waals surface area (Å²) in [6.07, 6.45) is 0. The van der Waals surface area contributed by atoms with Gasteiger partial charge in [-0.15, -0.1) is 0 Å². The molecule has 0 unspecified atom stereocenters. The Kier molecular flexibility index (Phi) is 2.42. The van der Waals surface area contributed by atoms with Crippen LogP contribution in [0.1, 0.15) is 10.4 Å². The molecule has 9 heteroatoms. The van der Waals surface area contributed by atoms with E-state index < -0.39 is 32.4 Å². The molecule has 0 aliphatic carbocycles. The third-order valence-electron chi connectivity index (χ3n) is 1.81. The lowest BCUT2D eigenvalue weighted by Crippen LogP contribution is -2.08. The minimum absolute atomic E-state index is 0.0635. The first-order valence-electron chi connectivity index (χ1n) is 4.00. The van der Waals surface area contributed by atoms with Crippen molar-refractivity contribution < 1.29 is 34.1 Å². The third-order valence-corrected chi connectivity index (χ3v) is 2.93. The number of rotatable bonds is 3. The van der Waals surface area contributed by atoms with Crippen molar-refractivity contribution in [1.82, 2.24) is 0 Å². The summed E-state index contributed by atoms with van der Waals surface area (Å²) in [6.45, 7) is 0. The van der Waals surface area contributed by atoms with Crippen LogP contribution in [0, 0.1) is 0 Å². The van der Waals surface area contributed by atoms with E-state index in [1.165, 1.54) is 0 Å². The molecular weight excluding hydrogens is 271 g/mol. The Balaban J connectivity index is 3.58. The van der Waals surface area contributed by atoms with Gasteiger partial charge in [0, 0.05) is 6.07 Å². The molecule has 0 bridgehead atoms. The van der Waals surface area contributed by atoms with Crippen LogP contribution in [0.15, 0.2) is 23.1 Å². The van der Waals surface area contributed by atoms with Crippen LogP contribution in [0.2, 0.25) is 0 Å². The fraction of sp³-hybridized carbons (Fsp3) is 0.125. The minimum atomic E-state index is -9.91. The number of hydrogen-bond acceptors (Lipinski definition) is 2. The molecule has 0 aliphatic rings. The highest BCUT2D eigenvalue weighted by molar-refractivity contribution is 8.45. The summed E-state index contributed by atoms with van der Waals surface area (Å²) in [5.41, 5.74) is -0.924. The second-order valence-electron chi connectivity index (χ2n) is 3.17. The molecule has 1 N–H and O–H groups in total. The van der Waals surface area contributed by atoms with E-state index in [9.17, 15) is 24.2 Å². The van der Waals surface area contributed by atoms with Gasteiger partial charge in [-0.3, -0.25) is 0 Å². The second kappa shape index (κ2) is 3.03. The maximum absolute atomic E-state index is 12.5. The average Bonchev–Trinajstić information content (AvgIpc) is 2.13. The number of halogens is 5. The van der Waals surface area contributed by atoms with Crippen LogP contribution in [0.5, 0.6) is 5.75 Å². The number of hydrogen-bond donors (Lipinski definition) is 1. The van der Waals surface area contributed by atoms with Crippen LogP contribution in [0.4, 0.5) is 19.4 Å². The van der Waals surface area contributed by atoms with E-state index in [0.29, 0.717) is 0 Å². The number of carboxylic acid groups (broad SMARTS) is 1. The number of carboxylic acids is 1. The summed E-state index contributed by atoms with van der Waals surface area (Å²) in [6, 6.07) is 0.662. The molecule has 0 saturated carbocycles. The van der Waals surface area contributed by atoms with E-state index in [2.05, 4.69) is 4.74 Å². The fourth-order valence-corrected chi connectivity index (χ4v) is 1.72. The van der Waals surface area contributed by atoms with Crippen molar-refractivity contribution in [3.05, 3.63) is 23.8 Å². The quantitative estimate of drug-likeness (QED) is 0.848. The SMILES string of the molecule is COc1cc(C(=O)O)cc(S(F)(F)(F)(F)F)c1. The van der Waals surface area contributed by atoms with E-state index in [4.69, 9.17) is 5.11 Å². The molecule has 0 aliphatic heterocycles. The topological polar surface area (TPSA) is 46.5 Å². The normalized spacial score (nSPS) is 15.9. The highest BCUT2D eigenvalue weighted by Gasteiger charge is 2.65. The standard InChI is InChI=1S/C8H7F5O3S/c1-16-6-2-5(8(14)15)3-7(4-6)17(9,10,11,12)13/h2-4H,1H3,(H,14,15). The fourth-order valence-electron chi connectivity index (χ4n) is 1.04. The zero-order valence-corrected chi connectivity index (χ0v) is 9.11. The van der Waals surface area contributed by atoms with Gasteiger partial charge in [0.2, 0.25) is 0 Å². The van der Waals surface area contributed by atoms with Crippen LogP contribution in [-0.2, 0) is 0 Å². The van der Waals surface area contributed by atoms with Gasteiger partial charge in [-0.2, -0.15) is 0 Å². The van der Waals surface area contributed by atoms with Crippen LogP contribution in [-0.4, -0.2) is 18.2 Å². The molecular formula is C8H7F5O3S. The van der Waals surface area contributed by atoms with Gasteiger partial charge >= 0.3 is 16.2 Å². The first-order valence-corrected chi connectivity index (χ1v) is 5.95. The van der Waals surface area contributed by atoms with Crippen molar-refractivity contribution in [3.63, 3.8) is 0 Å². The number of benzene rings is 1. The number of aromatic carboxylic acids is 1. The molecule has 0 heterocycles. The third kappa shape index (κ3) is 3.22.